The van der Waals surface area contributed by atoms with Gasteiger partial charge in [0, 0.05) is 16.3 Å². The van der Waals surface area contributed by atoms with Crippen molar-refractivity contribution in [2.75, 3.05) is 0 Å². The number of hydrogen-bond donors (Lipinski definition) is 2. The Morgan fingerprint density at radius 3 is 2.42 bits per heavy atom. The number of nitrogens with one attached hydrogen (secondary N) is 1. The highest BCUT2D eigenvalue weighted by molar-refractivity contribution is 6.30. The highest BCUT2D eigenvalue weighted by Gasteiger charge is 2.34. The van der Waals surface area contributed by atoms with Crippen LogP contribution in [0, 0.1) is 13.8 Å². The molecule has 140 valence electrons. The van der Waals surface area contributed by atoms with Crippen LogP contribution in [0.15, 0.2) is 24.3 Å². The molecule has 0 radical (unpaired) electrons. The molecule has 26 heavy (non-hydrogen) atoms. The van der Waals surface area contributed by atoms with Crippen LogP contribution in [0.25, 0.3) is 5.69 Å². The first-order chi connectivity index (χ1) is 12.2. The van der Waals surface area contributed by atoms with Crippen molar-refractivity contribution in [3.63, 3.8) is 0 Å². The molecule has 2 aromatic rings. The van der Waals surface area contributed by atoms with E-state index < -0.39 is 11.5 Å². The van der Waals surface area contributed by atoms with E-state index in [1.807, 2.05) is 32.9 Å². The number of nitrogens with zero attached hydrogens (tertiary/aromatic N) is 2. The van der Waals surface area contributed by atoms with Crippen LogP contribution in [0.1, 0.15) is 43.6 Å². The third-order valence-corrected chi connectivity index (χ3v) is 4.74. The molecule has 1 aromatic heterocycles. The van der Waals surface area contributed by atoms with Gasteiger partial charge in [-0.3, -0.25) is 4.79 Å². The van der Waals surface area contributed by atoms with E-state index in [2.05, 4.69) is 10.4 Å². The van der Waals surface area contributed by atoms with E-state index >= 15 is 0 Å². The molecule has 0 fully saturated rings. The molecule has 1 amide bonds. The predicted octanol–water partition coefficient (Wildman–Crippen LogP) is 3.44. The van der Waals surface area contributed by atoms with Crippen molar-refractivity contribution in [3.8, 4) is 5.69 Å². The van der Waals surface area contributed by atoms with Crippen LogP contribution in [-0.2, 0) is 16.0 Å². The minimum atomic E-state index is -1.26. The van der Waals surface area contributed by atoms with Crippen molar-refractivity contribution >= 4 is 23.5 Å². The molecule has 2 rings (SSSR count). The third kappa shape index (κ3) is 4.25. The summed E-state index contributed by atoms with van der Waals surface area (Å²) in [6.45, 7) is 7.15. The summed E-state index contributed by atoms with van der Waals surface area (Å²) in [4.78, 5) is 24.0. The van der Waals surface area contributed by atoms with Gasteiger partial charge in [0.25, 0.3) is 0 Å². The van der Waals surface area contributed by atoms with Gasteiger partial charge in [0.05, 0.1) is 17.8 Å². The normalized spacial score (nSPS) is 13.3. The number of rotatable bonds is 7. The summed E-state index contributed by atoms with van der Waals surface area (Å²) in [5.74, 6) is -1.36. The lowest BCUT2D eigenvalue weighted by Crippen LogP contribution is -2.52. The zero-order valence-corrected chi connectivity index (χ0v) is 16.2. The smallest absolute Gasteiger partial charge is 0.329 e. The van der Waals surface area contributed by atoms with Gasteiger partial charge >= 0.3 is 5.97 Å². The minimum absolute atomic E-state index is 0.0812. The molecule has 6 nitrogen and oxygen atoms in total. The van der Waals surface area contributed by atoms with E-state index in [4.69, 9.17) is 11.6 Å². The molecule has 0 bridgehead atoms. The van der Waals surface area contributed by atoms with Gasteiger partial charge in [-0.25, -0.2) is 9.48 Å². The van der Waals surface area contributed by atoms with Crippen LogP contribution in [-0.4, -0.2) is 32.3 Å². The topological polar surface area (TPSA) is 84.2 Å². The summed E-state index contributed by atoms with van der Waals surface area (Å²) < 4.78 is 1.76. The molecular formula is C19H24ClN3O3. The van der Waals surface area contributed by atoms with E-state index in [-0.39, 0.29) is 12.3 Å². The number of carboxylic acid groups (broad SMARTS) is 1. The van der Waals surface area contributed by atoms with Gasteiger partial charge in [0.15, 0.2) is 0 Å². The fraction of sp³-hybridized carbons (Fsp3) is 0.421. The second kappa shape index (κ2) is 7.91. The summed E-state index contributed by atoms with van der Waals surface area (Å²) in [5.41, 5.74) is 1.96. The molecule has 0 aliphatic rings. The molecular weight excluding hydrogens is 354 g/mol. The largest absolute Gasteiger partial charge is 0.480 e. The Kier molecular flexibility index (Phi) is 6.08. The van der Waals surface area contributed by atoms with Gasteiger partial charge in [-0.1, -0.05) is 24.9 Å². The molecule has 7 heteroatoms. The number of carbonyl (C=O) groups excluding carboxylic acids is 1. The Hall–Kier alpha value is -2.34. The summed E-state index contributed by atoms with van der Waals surface area (Å²) in [7, 11) is 0. The average molecular weight is 378 g/mol. The second-order valence-electron chi connectivity index (χ2n) is 6.65. The number of hydrogen-bond acceptors (Lipinski definition) is 3. The van der Waals surface area contributed by atoms with Crippen molar-refractivity contribution in [1.82, 2.24) is 15.1 Å². The molecule has 1 heterocycles. The molecule has 0 spiro atoms. The maximum atomic E-state index is 12.5. The molecule has 1 aromatic carbocycles. The monoisotopic (exact) mass is 377 g/mol. The van der Waals surface area contributed by atoms with Crippen molar-refractivity contribution in [2.45, 2.75) is 52.5 Å². The second-order valence-corrected chi connectivity index (χ2v) is 7.09. The molecule has 0 saturated heterocycles. The quantitative estimate of drug-likeness (QED) is 0.774. The average Bonchev–Trinajstić information content (AvgIpc) is 2.83. The molecule has 0 aliphatic heterocycles. The van der Waals surface area contributed by atoms with Crippen LogP contribution >= 0.6 is 11.6 Å². The minimum Gasteiger partial charge on any atom is -0.480 e. The molecule has 1 unspecified atom stereocenters. The van der Waals surface area contributed by atoms with Crippen molar-refractivity contribution in [2.24, 2.45) is 0 Å². The first kappa shape index (κ1) is 20.0. The summed E-state index contributed by atoms with van der Waals surface area (Å²) >= 11 is 5.93. The lowest BCUT2D eigenvalue weighted by Gasteiger charge is -2.25. The first-order valence-corrected chi connectivity index (χ1v) is 8.91. The number of aryl methyl sites for hydroxylation is 1. The number of benzene rings is 1. The van der Waals surface area contributed by atoms with Crippen LogP contribution in [0.3, 0.4) is 0 Å². The lowest BCUT2D eigenvalue weighted by molar-refractivity contribution is -0.147. The standard InChI is InChI=1S/C19H24ClN3O3/c1-5-10-19(4,18(25)26)21-17(24)11-16-12(2)22-23(13(16)3)15-8-6-14(20)7-9-15/h6-9H,5,10-11H2,1-4H3,(H,21,24)(H,25,26). The Morgan fingerprint density at radius 2 is 1.88 bits per heavy atom. The Balaban J connectivity index is 2.23. The van der Waals surface area contributed by atoms with Gasteiger partial charge in [0.2, 0.25) is 5.91 Å². The fourth-order valence-electron chi connectivity index (χ4n) is 3.00. The molecule has 0 aliphatic carbocycles. The number of aromatic nitrogens is 2. The summed E-state index contributed by atoms with van der Waals surface area (Å²) in [6.07, 6.45) is 1.11. The number of amides is 1. The molecule has 0 saturated carbocycles. The summed E-state index contributed by atoms with van der Waals surface area (Å²) in [5, 5.41) is 17.2. The van der Waals surface area contributed by atoms with Crippen molar-refractivity contribution in [1.29, 1.82) is 0 Å². The van der Waals surface area contributed by atoms with Gasteiger partial charge < -0.3 is 10.4 Å². The summed E-state index contributed by atoms with van der Waals surface area (Å²) in [6, 6.07) is 7.27. The van der Waals surface area contributed by atoms with Crippen molar-refractivity contribution in [3.05, 3.63) is 46.2 Å². The zero-order chi connectivity index (χ0) is 19.5. The van der Waals surface area contributed by atoms with E-state index in [9.17, 15) is 14.7 Å². The number of carbonyl (C=O) groups is 2. The number of aliphatic carboxylic acids is 1. The van der Waals surface area contributed by atoms with Crippen LogP contribution < -0.4 is 5.32 Å². The predicted molar refractivity (Wildman–Crippen MR) is 101 cm³/mol. The van der Waals surface area contributed by atoms with Gasteiger partial charge in [-0.2, -0.15) is 5.10 Å². The maximum absolute atomic E-state index is 12.5. The SMILES string of the molecule is CCCC(C)(NC(=O)Cc1c(C)nn(-c2ccc(Cl)cc2)c1C)C(=O)O. The lowest BCUT2D eigenvalue weighted by atomic mass is 9.95. The van der Waals surface area contributed by atoms with Crippen LogP contribution in [0.2, 0.25) is 5.02 Å². The number of carboxylic acids is 1. The Morgan fingerprint density at radius 1 is 1.27 bits per heavy atom. The fourth-order valence-corrected chi connectivity index (χ4v) is 3.13. The Bertz CT molecular complexity index is 814. The van der Waals surface area contributed by atoms with E-state index in [1.165, 1.54) is 6.92 Å². The molecule has 2 N–H and O–H groups in total. The number of halogens is 1. The van der Waals surface area contributed by atoms with Crippen LogP contribution in [0.5, 0.6) is 0 Å². The van der Waals surface area contributed by atoms with Gasteiger partial charge in [-0.15, -0.1) is 0 Å². The highest BCUT2D eigenvalue weighted by atomic mass is 35.5. The van der Waals surface area contributed by atoms with E-state index in [0.29, 0.717) is 17.9 Å². The highest BCUT2D eigenvalue weighted by Crippen LogP contribution is 2.21. The zero-order valence-electron chi connectivity index (χ0n) is 15.5. The maximum Gasteiger partial charge on any atom is 0.329 e. The van der Waals surface area contributed by atoms with E-state index in [0.717, 1.165) is 22.6 Å². The van der Waals surface area contributed by atoms with Gasteiger partial charge in [-0.05, 0) is 51.5 Å². The van der Waals surface area contributed by atoms with Crippen LogP contribution in [0.4, 0.5) is 0 Å². The Labute approximate surface area is 158 Å². The first-order valence-electron chi connectivity index (χ1n) is 8.53. The third-order valence-electron chi connectivity index (χ3n) is 4.49. The van der Waals surface area contributed by atoms with Crippen molar-refractivity contribution < 1.29 is 14.7 Å². The molecule has 1 atom stereocenters. The van der Waals surface area contributed by atoms with E-state index in [1.54, 1.807) is 16.8 Å². The van der Waals surface area contributed by atoms with Gasteiger partial charge in [0.1, 0.15) is 5.54 Å².